The Hall–Kier alpha value is -0.590. The summed E-state index contributed by atoms with van der Waals surface area (Å²) in [5.74, 6) is 1.38. The van der Waals surface area contributed by atoms with Crippen molar-refractivity contribution in [2.24, 2.45) is 11.8 Å². The molecular weight excluding hydrogens is 136 g/mol. The molecule has 0 heterocycles. The van der Waals surface area contributed by atoms with Crippen LogP contribution >= 0.6 is 0 Å². The van der Waals surface area contributed by atoms with Gasteiger partial charge in [0.2, 0.25) is 0 Å². The van der Waals surface area contributed by atoms with Crippen LogP contribution in [0.3, 0.4) is 0 Å². The van der Waals surface area contributed by atoms with Gasteiger partial charge in [-0.2, -0.15) is 0 Å². The molecule has 0 aromatic heterocycles. The van der Waals surface area contributed by atoms with E-state index in [0.717, 1.165) is 6.42 Å². The maximum absolute atomic E-state index is 10.5. The molecule has 0 aromatic rings. The van der Waals surface area contributed by atoms with E-state index in [1.54, 1.807) is 13.0 Å². The zero-order valence-corrected chi connectivity index (χ0v) is 7.92. The first-order valence-electron chi connectivity index (χ1n) is 4.21. The minimum atomic E-state index is 0.139. The van der Waals surface area contributed by atoms with Crippen LogP contribution in [0.25, 0.3) is 0 Å². The van der Waals surface area contributed by atoms with Crippen molar-refractivity contribution in [3.8, 4) is 0 Å². The molecule has 0 saturated heterocycles. The molecule has 0 bridgehead atoms. The molecule has 0 saturated carbocycles. The Bertz CT molecular complexity index is 145. The van der Waals surface area contributed by atoms with Gasteiger partial charge in [0.1, 0.15) is 0 Å². The van der Waals surface area contributed by atoms with Gasteiger partial charge in [-0.25, -0.2) is 0 Å². The summed E-state index contributed by atoms with van der Waals surface area (Å²) >= 11 is 0. The first-order chi connectivity index (χ1) is 5.02. The Labute approximate surface area is 69.5 Å². The summed E-state index contributed by atoms with van der Waals surface area (Å²) in [6.45, 7) is 8.11. The molecule has 0 aromatic carbocycles. The molecule has 0 rings (SSSR count). The normalized spacial score (nSPS) is 14.3. The summed E-state index contributed by atoms with van der Waals surface area (Å²) in [4.78, 5) is 10.5. The lowest BCUT2D eigenvalue weighted by molar-refractivity contribution is -0.112. The highest BCUT2D eigenvalue weighted by atomic mass is 16.1. The monoisotopic (exact) mass is 154 g/mol. The van der Waals surface area contributed by atoms with E-state index in [4.69, 9.17) is 0 Å². The summed E-state index contributed by atoms with van der Waals surface area (Å²) in [6, 6.07) is 0. The lowest BCUT2D eigenvalue weighted by Crippen LogP contribution is -1.97. The van der Waals surface area contributed by atoms with E-state index in [0.29, 0.717) is 11.8 Å². The first kappa shape index (κ1) is 10.4. The highest BCUT2D eigenvalue weighted by Gasteiger charge is 2.00. The van der Waals surface area contributed by atoms with Gasteiger partial charge in [-0.05, 0) is 31.3 Å². The summed E-state index contributed by atoms with van der Waals surface area (Å²) in [7, 11) is 0. The third-order valence-electron chi connectivity index (χ3n) is 1.50. The van der Waals surface area contributed by atoms with Crippen molar-refractivity contribution in [3.05, 3.63) is 12.2 Å². The van der Waals surface area contributed by atoms with E-state index in [1.165, 1.54) is 0 Å². The Morgan fingerprint density at radius 3 is 2.27 bits per heavy atom. The topological polar surface area (TPSA) is 17.1 Å². The van der Waals surface area contributed by atoms with E-state index < -0.39 is 0 Å². The van der Waals surface area contributed by atoms with Gasteiger partial charge in [-0.1, -0.05) is 26.8 Å². The zero-order chi connectivity index (χ0) is 8.85. The van der Waals surface area contributed by atoms with Gasteiger partial charge in [0.05, 0.1) is 0 Å². The average Bonchev–Trinajstić information content (AvgIpc) is 1.82. The number of ketones is 1. The summed E-state index contributed by atoms with van der Waals surface area (Å²) in [5.41, 5.74) is 0. The predicted octanol–water partition coefficient (Wildman–Crippen LogP) is 2.81. The summed E-state index contributed by atoms with van der Waals surface area (Å²) < 4.78 is 0. The molecule has 0 N–H and O–H groups in total. The fraction of sp³-hybridized carbons (Fsp3) is 0.700. The van der Waals surface area contributed by atoms with Gasteiger partial charge in [0.25, 0.3) is 0 Å². The Kier molecular flexibility index (Phi) is 4.84. The molecule has 1 atom stereocenters. The average molecular weight is 154 g/mol. The molecule has 0 aliphatic rings. The summed E-state index contributed by atoms with van der Waals surface area (Å²) in [6.07, 6.45) is 4.80. The first-order valence-corrected chi connectivity index (χ1v) is 4.21. The minimum absolute atomic E-state index is 0.139. The van der Waals surface area contributed by atoms with E-state index >= 15 is 0 Å². The van der Waals surface area contributed by atoms with Gasteiger partial charge in [0, 0.05) is 0 Å². The van der Waals surface area contributed by atoms with E-state index in [9.17, 15) is 4.79 Å². The van der Waals surface area contributed by atoms with Crippen LogP contribution in [0.15, 0.2) is 12.2 Å². The number of carbonyl (C=O) groups is 1. The van der Waals surface area contributed by atoms with Crippen LogP contribution < -0.4 is 0 Å². The largest absolute Gasteiger partial charge is 0.295 e. The van der Waals surface area contributed by atoms with Crippen LogP contribution in [0.4, 0.5) is 0 Å². The second-order valence-corrected chi connectivity index (χ2v) is 3.58. The molecule has 1 unspecified atom stereocenters. The maximum Gasteiger partial charge on any atom is 0.152 e. The highest BCUT2D eigenvalue weighted by Crippen LogP contribution is 2.11. The molecule has 0 aliphatic heterocycles. The third kappa shape index (κ3) is 7.31. The lowest BCUT2D eigenvalue weighted by atomic mass is 9.98. The Balaban J connectivity index is 3.68. The molecule has 11 heavy (non-hydrogen) atoms. The van der Waals surface area contributed by atoms with E-state index in [1.807, 2.05) is 6.08 Å². The number of hydrogen-bond donors (Lipinski definition) is 0. The number of rotatable bonds is 4. The number of hydrogen-bond acceptors (Lipinski definition) is 1. The predicted molar refractivity (Wildman–Crippen MR) is 48.4 cm³/mol. The smallest absolute Gasteiger partial charge is 0.152 e. The third-order valence-corrected chi connectivity index (χ3v) is 1.50. The summed E-state index contributed by atoms with van der Waals surface area (Å²) in [5, 5.41) is 0. The molecule has 0 spiro atoms. The Morgan fingerprint density at radius 1 is 1.36 bits per heavy atom. The molecule has 0 fully saturated rings. The van der Waals surface area contributed by atoms with Crippen molar-refractivity contribution in [3.63, 3.8) is 0 Å². The molecule has 64 valence electrons. The second-order valence-electron chi connectivity index (χ2n) is 3.58. The van der Waals surface area contributed by atoms with Crippen LogP contribution in [-0.2, 0) is 4.79 Å². The molecule has 1 nitrogen and oxygen atoms in total. The second kappa shape index (κ2) is 5.11. The standard InChI is InChI=1S/C10H18O/c1-8(2)7-9(3)5-6-10(4)11/h5-6,8-9H,7H2,1-4H3/b6-5+. The van der Waals surface area contributed by atoms with E-state index in [-0.39, 0.29) is 5.78 Å². The minimum Gasteiger partial charge on any atom is -0.295 e. The van der Waals surface area contributed by atoms with Crippen molar-refractivity contribution < 1.29 is 4.79 Å². The van der Waals surface area contributed by atoms with Gasteiger partial charge in [0.15, 0.2) is 5.78 Å². The van der Waals surface area contributed by atoms with Crippen molar-refractivity contribution in [2.45, 2.75) is 34.1 Å². The van der Waals surface area contributed by atoms with Crippen LogP contribution in [0, 0.1) is 11.8 Å². The van der Waals surface area contributed by atoms with Crippen molar-refractivity contribution in [2.75, 3.05) is 0 Å². The molecule has 0 aliphatic carbocycles. The number of allylic oxidation sites excluding steroid dienone is 2. The molecular formula is C10H18O. The molecule has 1 heteroatoms. The van der Waals surface area contributed by atoms with E-state index in [2.05, 4.69) is 20.8 Å². The maximum atomic E-state index is 10.5. The number of carbonyl (C=O) groups excluding carboxylic acids is 1. The lowest BCUT2D eigenvalue weighted by Gasteiger charge is -2.07. The van der Waals surface area contributed by atoms with Crippen molar-refractivity contribution in [1.29, 1.82) is 0 Å². The van der Waals surface area contributed by atoms with Crippen LogP contribution in [0.2, 0.25) is 0 Å². The van der Waals surface area contributed by atoms with Gasteiger partial charge in [-0.15, -0.1) is 0 Å². The fourth-order valence-electron chi connectivity index (χ4n) is 1.12. The quantitative estimate of drug-likeness (QED) is 0.569. The van der Waals surface area contributed by atoms with Crippen LogP contribution in [0.1, 0.15) is 34.1 Å². The van der Waals surface area contributed by atoms with Crippen molar-refractivity contribution in [1.82, 2.24) is 0 Å². The van der Waals surface area contributed by atoms with Gasteiger partial charge in [-0.3, -0.25) is 4.79 Å². The SMILES string of the molecule is CC(=O)/C=C/C(C)CC(C)C. The van der Waals surface area contributed by atoms with Crippen LogP contribution in [0.5, 0.6) is 0 Å². The van der Waals surface area contributed by atoms with Gasteiger partial charge >= 0.3 is 0 Å². The highest BCUT2D eigenvalue weighted by molar-refractivity contribution is 5.87. The molecule has 0 radical (unpaired) electrons. The Morgan fingerprint density at radius 2 is 1.91 bits per heavy atom. The fourth-order valence-corrected chi connectivity index (χ4v) is 1.12. The zero-order valence-electron chi connectivity index (χ0n) is 7.92. The van der Waals surface area contributed by atoms with Gasteiger partial charge < -0.3 is 0 Å². The van der Waals surface area contributed by atoms with Crippen LogP contribution in [-0.4, -0.2) is 5.78 Å². The molecule has 0 amide bonds. The van der Waals surface area contributed by atoms with Crippen molar-refractivity contribution >= 4 is 5.78 Å².